The van der Waals surface area contributed by atoms with E-state index in [2.05, 4.69) is 4.90 Å². The average Bonchev–Trinajstić information content (AvgIpc) is 1.85. The average molecular weight is 175 g/mol. The maximum Gasteiger partial charge on any atom is 0.162 e. The van der Waals surface area contributed by atoms with Crippen LogP contribution in [0.1, 0.15) is 20.8 Å². The molecule has 0 bridgehead atoms. The Morgan fingerprint density at radius 2 is 1.75 bits per heavy atom. The van der Waals surface area contributed by atoms with Gasteiger partial charge in [0.25, 0.3) is 0 Å². The van der Waals surface area contributed by atoms with E-state index in [0.29, 0.717) is 13.2 Å². The fourth-order valence-corrected chi connectivity index (χ4v) is 0.863. The molecule has 0 spiro atoms. The molecular formula is C9H21NO2. The largest absolute Gasteiger partial charge is 0.351 e. The Morgan fingerprint density at radius 1 is 1.17 bits per heavy atom. The Bertz CT molecular complexity index is 113. The van der Waals surface area contributed by atoms with Crippen LogP contribution in [0, 0.1) is 0 Å². The molecule has 0 radical (unpaired) electrons. The van der Waals surface area contributed by atoms with Crippen LogP contribution in [-0.4, -0.2) is 44.5 Å². The Morgan fingerprint density at radius 3 is 2.17 bits per heavy atom. The van der Waals surface area contributed by atoms with Crippen LogP contribution in [0.3, 0.4) is 0 Å². The highest BCUT2D eigenvalue weighted by atomic mass is 16.7. The lowest BCUT2D eigenvalue weighted by Crippen LogP contribution is -2.31. The fraction of sp³-hybridized carbons (Fsp3) is 1.00. The van der Waals surface area contributed by atoms with E-state index in [1.807, 2.05) is 34.9 Å². The summed E-state index contributed by atoms with van der Waals surface area (Å²) in [6, 6.07) is 0. The van der Waals surface area contributed by atoms with Gasteiger partial charge in [-0.25, -0.2) is 0 Å². The van der Waals surface area contributed by atoms with Crippen LogP contribution < -0.4 is 0 Å². The van der Waals surface area contributed by atoms with Gasteiger partial charge < -0.3 is 14.4 Å². The second-order valence-electron chi connectivity index (χ2n) is 3.48. The van der Waals surface area contributed by atoms with Crippen molar-refractivity contribution in [2.24, 2.45) is 0 Å². The van der Waals surface area contributed by atoms with Crippen molar-refractivity contribution in [3.05, 3.63) is 0 Å². The first kappa shape index (κ1) is 11.9. The van der Waals surface area contributed by atoms with Crippen LogP contribution in [0.25, 0.3) is 0 Å². The summed E-state index contributed by atoms with van der Waals surface area (Å²) in [5.74, 6) is -0.440. The standard InChI is InChI=1S/C9H21NO2/c1-6-11-9(2,3)12-8-7-10(4)5/h6-8H2,1-5H3. The molecule has 12 heavy (non-hydrogen) atoms. The zero-order valence-electron chi connectivity index (χ0n) is 8.89. The molecule has 0 aromatic heterocycles. The van der Waals surface area contributed by atoms with Crippen LogP contribution in [0.4, 0.5) is 0 Å². The molecule has 3 nitrogen and oxygen atoms in total. The van der Waals surface area contributed by atoms with Crippen LogP contribution in [0.2, 0.25) is 0 Å². The summed E-state index contributed by atoms with van der Waals surface area (Å²) in [6.45, 7) is 8.17. The van der Waals surface area contributed by atoms with E-state index in [9.17, 15) is 0 Å². The van der Waals surface area contributed by atoms with E-state index < -0.39 is 5.79 Å². The second-order valence-corrected chi connectivity index (χ2v) is 3.48. The molecule has 0 amide bonds. The van der Waals surface area contributed by atoms with Crippen molar-refractivity contribution >= 4 is 0 Å². The third kappa shape index (κ3) is 6.58. The first-order valence-corrected chi connectivity index (χ1v) is 4.40. The van der Waals surface area contributed by atoms with Gasteiger partial charge in [0, 0.05) is 13.2 Å². The predicted molar refractivity (Wildman–Crippen MR) is 50.2 cm³/mol. The molecule has 0 aromatic carbocycles. The highest BCUT2D eigenvalue weighted by Gasteiger charge is 2.17. The van der Waals surface area contributed by atoms with Crippen LogP contribution in [0.5, 0.6) is 0 Å². The summed E-state index contributed by atoms with van der Waals surface area (Å²) in [4.78, 5) is 2.09. The minimum atomic E-state index is -0.440. The molecule has 0 heterocycles. The van der Waals surface area contributed by atoms with Gasteiger partial charge in [-0.3, -0.25) is 0 Å². The van der Waals surface area contributed by atoms with Crippen molar-refractivity contribution in [3.8, 4) is 0 Å². The first-order chi connectivity index (χ1) is 5.48. The Balaban J connectivity index is 3.46. The van der Waals surface area contributed by atoms with Gasteiger partial charge in [0.15, 0.2) is 5.79 Å². The number of ether oxygens (including phenoxy) is 2. The highest BCUT2D eigenvalue weighted by Crippen LogP contribution is 2.09. The number of rotatable bonds is 6. The molecule has 0 unspecified atom stereocenters. The van der Waals surface area contributed by atoms with E-state index in [1.165, 1.54) is 0 Å². The van der Waals surface area contributed by atoms with Gasteiger partial charge in [-0.2, -0.15) is 0 Å². The van der Waals surface area contributed by atoms with Crippen molar-refractivity contribution in [2.75, 3.05) is 33.9 Å². The molecule has 0 fully saturated rings. The summed E-state index contributed by atoms with van der Waals surface area (Å²) in [5, 5.41) is 0. The summed E-state index contributed by atoms with van der Waals surface area (Å²) >= 11 is 0. The lowest BCUT2D eigenvalue weighted by Gasteiger charge is -2.25. The molecule has 0 aliphatic heterocycles. The van der Waals surface area contributed by atoms with Gasteiger partial charge in [-0.15, -0.1) is 0 Å². The number of hydrogen-bond acceptors (Lipinski definition) is 3. The monoisotopic (exact) mass is 175 g/mol. The molecule has 74 valence electrons. The molecule has 0 rings (SSSR count). The summed E-state index contributed by atoms with van der Waals surface area (Å²) < 4.78 is 10.9. The van der Waals surface area contributed by atoms with Gasteiger partial charge in [0.1, 0.15) is 0 Å². The predicted octanol–water partition coefficient (Wildman–Crippen LogP) is 1.34. The third-order valence-electron chi connectivity index (χ3n) is 1.48. The minimum absolute atomic E-state index is 0.440. The van der Waals surface area contributed by atoms with Crippen LogP contribution >= 0.6 is 0 Å². The molecule has 0 saturated heterocycles. The van der Waals surface area contributed by atoms with E-state index in [4.69, 9.17) is 9.47 Å². The topological polar surface area (TPSA) is 21.7 Å². The SMILES string of the molecule is CCOC(C)(C)OCCN(C)C. The zero-order chi connectivity index (χ0) is 9.61. The molecule has 0 aliphatic carbocycles. The Kier molecular flexibility index (Phi) is 5.46. The number of hydrogen-bond donors (Lipinski definition) is 0. The minimum Gasteiger partial charge on any atom is -0.351 e. The van der Waals surface area contributed by atoms with Crippen LogP contribution in [-0.2, 0) is 9.47 Å². The van der Waals surface area contributed by atoms with E-state index in [-0.39, 0.29) is 0 Å². The van der Waals surface area contributed by atoms with Gasteiger partial charge >= 0.3 is 0 Å². The molecule has 0 N–H and O–H groups in total. The van der Waals surface area contributed by atoms with Crippen LogP contribution in [0.15, 0.2) is 0 Å². The molecule has 3 heteroatoms. The van der Waals surface area contributed by atoms with Crippen molar-refractivity contribution in [3.63, 3.8) is 0 Å². The molecule has 0 aromatic rings. The number of likely N-dealkylation sites (N-methyl/N-ethyl adjacent to an activating group) is 1. The Hall–Kier alpha value is -0.120. The second kappa shape index (κ2) is 5.51. The molecule has 0 aliphatic rings. The van der Waals surface area contributed by atoms with E-state index >= 15 is 0 Å². The Labute approximate surface area is 75.6 Å². The maximum atomic E-state index is 5.52. The van der Waals surface area contributed by atoms with Gasteiger partial charge in [0.2, 0.25) is 0 Å². The molecule has 0 atom stereocenters. The molecular weight excluding hydrogens is 154 g/mol. The summed E-state index contributed by atoms with van der Waals surface area (Å²) in [6.07, 6.45) is 0. The van der Waals surface area contributed by atoms with Gasteiger partial charge in [-0.1, -0.05) is 0 Å². The summed E-state index contributed by atoms with van der Waals surface area (Å²) in [5.41, 5.74) is 0. The van der Waals surface area contributed by atoms with Gasteiger partial charge in [-0.05, 0) is 34.9 Å². The van der Waals surface area contributed by atoms with Gasteiger partial charge in [0.05, 0.1) is 6.61 Å². The third-order valence-corrected chi connectivity index (χ3v) is 1.48. The fourth-order valence-electron chi connectivity index (χ4n) is 0.863. The maximum absolute atomic E-state index is 5.52. The summed E-state index contributed by atoms with van der Waals surface area (Å²) in [7, 11) is 4.05. The van der Waals surface area contributed by atoms with E-state index in [1.54, 1.807) is 0 Å². The van der Waals surface area contributed by atoms with Crippen molar-refractivity contribution < 1.29 is 9.47 Å². The van der Waals surface area contributed by atoms with Crippen molar-refractivity contribution in [1.29, 1.82) is 0 Å². The first-order valence-electron chi connectivity index (χ1n) is 4.40. The number of nitrogens with zero attached hydrogens (tertiary/aromatic N) is 1. The smallest absolute Gasteiger partial charge is 0.162 e. The van der Waals surface area contributed by atoms with Crippen molar-refractivity contribution in [2.45, 2.75) is 26.6 Å². The zero-order valence-corrected chi connectivity index (χ0v) is 8.89. The van der Waals surface area contributed by atoms with E-state index in [0.717, 1.165) is 6.54 Å². The highest BCUT2D eigenvalue weighted by molar-refractivity contribution is 4.53. The lowest BCUT2D eigenvalue weighted by atomic mass is 10.4. The quantitative estimate of drug-likeness (QED) is 0.569. The lowest BCUT2D eigenvalue weighted by molar-refractivity contribution is -0.211. The molecule has 0 saturated carbocycles. The van der Waals surface area contributed by atoms with Crippen molar-refractivity contribution in [1.82, 2.24) is 4.90 Å². The normalized spacial score (nSPS) is 12.5.